The van der Waals surface area contributed by atoms with E-state index in [1.54, 1.807) is 24.5 Å². The van der Waals surface area contributed by atoms with E-state index in [4.69, 9.17) is 0 Å². The van der Waals surface area contributed by atoms with Gasteiger partial charge in [-0.05, 0) is 36.8 Å². The number of hydrogen-bond donors (Lipinski definition) is 1. The van der Waals surface area contributed by atoms with Gasteiger partial charge in [0.05, 0.1) is 11.4 Å². The molecule has 0 bridgehead atoms. The van der Waals surface area contributed by atoms with E-state index in [0.717, 1.165) is 43.1 Å². The molecule has 1 saturated heterocycles. The van der Waals surface area contributed by atoms with Gasteiger partial charge in [0.2, 0.25) is 0 Å². The number of pyridine rings is 1. The van der Waals surface area contributed by atoms with Crippen LogP contribution in [-0.2, 0) is 6.54 Å². The van der Waals surface area contributed by atoms with Gasteiger partial charge in [-0.1, -0.05) is 12.1 Å². The molecule has 7 heteroatoms. The maximum Gasteiger partial charge on any atom is 0.123 e. The Morgan fingerprint density at radius 1 is 1.22 bits per heavy atom. The summed E-state index contributed by atoms with van der Waals surface area (Å²) in [6.45, 7) is 5.50. The predicted octanol–water partition coefficient (Wildman–Crippen LogP) is 3.28. The molecule has 1 aliphatic rings. The van der Waals surface area contributed by atoms with E-state index < -0.39 is 0 Å². The molecule has 0 aliphatic carbocycles. The number of nitrogens with one attached hydrogen (secondary N) is 1. The van der Waals surface area contributed by atoms with Crippen molar-refractivity contribution in [2.75, 3.05) is 19.6 Å². The molecule has 2 aromatic heterocycles. The number of rotatable bonds is 4. The predicted molar refractivity (Wildman–Crippen MR) is 106 cm³/mol. The summed E-state index contributed by atoms with van der Waals surface area (Å²) >= 11 is 0. The third-order valence-corrected chi connectivity index (χ3v) is 4.89. The maximum absolute atomic E-state index is 13.7. The van der Waals surface area contributed by atoms with Gasteiger partial charge in [-0.2, -0.15) is 5.10 Å². The maximum atomic E-state index is 13.7. The van der Waals surface area contributed by atoms with Gasteiger partial charge in [0.15, 0.2) is 0 Å². The standard InChI is InChI=1S/C20H22FN5.ClH/c1-15-17(14-26(24-15)19-5-7-22-8-6-19)13-25-10-9-23-12-20(25)16-3-2-4-18(21)11-16;/h2-8,11,14,20,23H,9-10,12-13H2,1H3;1H. The van der Waals surface area contributed by atoms with Gasteiger partial charge >= 0.3 is 0 Å². The number of piperazine rings is 1. The second-order valence-electron chi connectivity index (χ2n) is 6.64. The van der Waals surface area contributed by atoms with E-state index in [9.17, 15) is 4.39 Å². The third-order valence-electron chi connectivity index (χ3n) is 4.89. The molecular formula is C20H23ClFN5. The quantitative estimate of drug-likeness (QED) is 0.746. The molecule has 4 rings (SSSR count). The minimum absolute atomic E-state index is 0. The molecule has 5 nitrogen and oxygen atoms in total. The van der Waals surface area contributed by atoms with E-state index in [1.165, 1.54) is 11.6 Å². The van der Waals surface area contributed by atoms with Gasteiger partial charge in [-0.3, -0.25) is 9.88 Å². The highest BCUT2D eigenvalue weighted by Gasteiger charge is 2.25. The second-order valence-corrected chi connectivity index (χ2v) is 6.64. The van der Waals surface area contributed by atoms with E-state index in [-0.39, 0.29) is 24.3 Å². The highest BCUT2D eigenvalue weighted by Crippen LogP contribution is 2.25. The molecule has 3 heterocycles. The van der Waals surface area contributed by atoms with Crippen LogP contribution in [0.25, 0.3) is 5.69 Å². The molecule has 1 unspecified atom stereocenters. The molecule has 1 N–H and O–H groups in total. The van der Waals surface area contributed by atoms with Crippen LogP contribution in [0.1, 0.15) is 22.9 Å². The summed E-state index contributed by atoms with van der Waals surface area (Å²) in [5.41, 5.74) is 4.20. The lowest BCUT2D eigenvalue weighted by molar-refractivity contribution is 0.153. The molecule has 0 amide bonds. The molecular weight excluding hydrogens is 365 g/mol. The Hall–Kier alpha value is -2.28. The lowest BCUT2D eigenvalue weighted by atomic mass is 10.0. The monoisotopic (exact) mass is 387 g/mol. The normalized spacial score (nSPS) is 17.5. The molecule has 0 saturated carbocycles. The lowest BCUT2D eigenvalue weighted by Crippen LogP contribution is -2.45. The number of hydrogen-bond acceptors (Lipinski definition) is 4. The summed E-state index contributed by atoms with van der Waals surface area (Å²) < 4.78 is 15.6. The summed E-state index contributed by atoms with van der Waals surface area (Å²) in [4.78, 5) is 6.45. The van der Waals surface area contributed by atoms with Crippen LogP contribution in [0.3, 0.4) is 0 Å². The van der Waals surface area contributed by atoms with Crippen LogP contribution in [-0.4, -0.2) is 39.3 Å². The highest BCUT2D eigenvalue weighted by molar-refractivity contribution is 5.85. The number of benzene rings is 1. The molecule has 1 aromatic carbocycles. The molecule has 0 spiro atoms. The Labute approximate surface area is 164 Å². The second kappa shape index (κ2) is 8.61. The van der Waals surface area contributed by atoms with Crippen LogP contribution in [0.2, 0.25) is 0 Å². The van der Waals surface area contributed by atoms with Crippen LogP contribution in [0, 0.1) is 12.7 Å². The first-order valence-electron chi connectivity index (χ1n) is 8.86. The SMILES string of the molecule is Cc1nn(-c2ccncc2)cc1CN1CCNCC1c1cccc(F)c1.Cl. The Morgan fingerprint density at radius 3 is 2.81 bits per heavy atom. The van der Waals surface area contributed by atoms with Gasteiger partial charge in [0.1, 0.15) is 5.82 Å². The van der Waals surface area contributed by atoms with Crippen molar-refractivity contribution in [1.82, 2.24) is 25.0 Å². The topological polar surface area (TPSA) is 46.0 Å². The smallest absolute Gasteiger partial charge is 0.123 e. The average Bonchev–Trinajstić information content (AvgIpc) is 3.03. The van der Waals surface area contributed by atoms with Crippen LogP contribution in [0.15, 0.2) is 55.0 Å². The van der Waals surface area contributed by atoms with E-state index in [2.05, 4.69) is 26.5 Å². The molecule has 27 heavy (non-hydrogen) atoms. The minimum Gasteiger partial charge on any atom is -0.314 e. The Morgan fingerprint density at radius 2 is 2.04 bits per heavy atom. The molecule has 1 atom stereocenters. The summed E-state index contributed by atoms with van der Waals surface area (Å²) in [6.07, 6.45) is 5.61. The zero-order valence-corrected chi connectivity index (χ0v) is 16.0. The first-order chi connectivity index (χ1) is 12.7. The molecule has 1 fully saturated rings. The van der Waals surface area contributed by atoms with Crippen molar-refractivity contribution in [1.29, 1.82) is 0 Å². The van der Waals surface area contributed by atoms with Crippen LogP contribution in [0.4, 0.5) is 4.39 Å². The molecule has 142 valence electrons. The first kappa shape index (κ1) is 19.5. The number of nitrogens with zero attached hydrogens (tertiary/aromatic N) is 4. The van der Waals surface area contributed by atoms with Gasteiger partial charge in [-0.25, -0.2) is 9.07 Å². The van der Waals surface area contributed by atoms with E-state index >= 15 is 0 Å². The third kappa shape index (κ3) is 4.35. The summed E-state index contributed by atoms with van der Waals surface area (Å²) in [6, 6.07) is 11.0. The zero-order valence-electron chi connectivity index (χ0n) is 15.2. The molecule has 0 radical (unpaired) electrons. The number of aryl methyl sites for hydroxylation is 1. The van der Waals surface area contributed by atoms with Crippen molar-refractivity contribution in [3.05, 3.63) is 77.6 Å². The van der Waals surface area contributed by atoms with Crippen molar-refractivity contribution >= 4 is 12.4 Å². The van der Waals surface area contributed by atoms with Gasteiger partial charge in [0, 0.05) is 56.4 Å². The molecule has 3 aromatic rings. The summed E-state index contributed by atoms with van der Waals surface area (Å²) in [5.74, 6) is -0.185. The first-order valence-corrected chi connectivity index (χ1v) is 8.86. The van der Waals surface area contributed by atoms with Gasteiger partial charge in [-0.15, -0.1) is 12.4 Å². The Balaban J connectivity index is 0.00000210. The van der Waals surface area contributed by atoms with Crippen molar-refractivity contribution in [2.45, 2.75) is 19.5 Å². The molecule has 1 aliphatic heterocycles. The van der Waals surface area contributed by atoms with Crippen molar-refractivity contribution < 1.29 is 4.39 Å². The van der Waals surface area contributed by atoms with Crippen molar-refractivity contribution in [3.8, 4) is 5.69 Å². The highest BCUT2D eigenvalue weighted by atomic mass is 35.5. The fourth-order valence-electron chi connectivity index (χ4n) is 3.48. The largest absolute Gasteiger partial charge is 0.314 e. The minimum atomic E-state index is -0.185. The van der Waals surface area contributed by atoms with E-state index in [1.807, 2.05) is 29.8 Å². The fraction of sp³-hybridized carbons (Fsp3) is 0.300. The van der Waals surface area contributed by atoms with Gasteiger partial charge in [0.25, 0.3) is 0 Å². The average molecular weight is 388 g/mol. The Kier molecular flexibility index (Phi) is 6.21. The number of halogens is 2. The zero-order chi connectivity index (χ0) is 17.9. The van der Waals surface area contributed by atoms with Crippen LogP contribution < -0.4 is 5.32 Å². The number of aromatic nitrogens is 3. The van der Waals surface area contributed by atoms with Gasteiger partial charge < -0.3 is 5.32 Å². The summed E-state index contributed by atoms with van der Waals surface area (Å²) in [7, 11) is 0. The van der Waals surface area contributed by atoms with E-state index in [0.29, 0.717) is 0 Å². The van der Waals surface area contributed by atoms with Crippen LogP contribution >= 0.6 is 12.4 Å². The fourth-order valence-corrected chi connectivity index (χ4v) is 3.48. The van der Waals surface area contributed by atoms with Crippen molar-refractivity contribution in [2.24, 2.45) is 0 Å². The lowest BCUT2D eigenvalue weighted by Gasteiger charge is -2.36. The summed E-state index contributed by atoms with van der Waals surface area (Å²) in [5, 5.41) is 8.07. The Bertz CT molecular complexity index is 883. The van der Waals surface area contributed by atoms with Crippen molar-refractivity contribution in [3.63, 3.8) is 0 Å². The van der Waals surface area contributed by atoms with Crippen LogP contribution in [0.5, 0.6) is 0 Å².